The second kappa shape index (κ2) is 1.75. The number of hydrogen-bond acceptors (Lipinski definition) is 4. The highest BCUT2D eigenvalue weighted by Crippen LogP contribution is 2.15. The van der Waals surface area contributed by atoms with Crippen molar-refractivity contribution in [3.63, 3.8) is 0 Å². The molecule has 1 heterocycles. The minimum Gasteiger partial charge on any atom is -0.393 e. The van der Waals surface area contributed by atoms with Gasteiger partial charge in [-0.05, 0) is 0 Å². The van der Waals surface area contributed by atoms with Gasteiger partial charge in [0.15, 0.2) is 0 Å². The SMILES string of the molecule is OC[C@H](O)C1OO1. The van der Waals surface area contributed by atoms with Crippen molar-refractivity contribution in [2.24, 2.45) is 0 Å². The van der Waals surface area contributed by atoms with Gasteiger partial charge in [-0.1, -0.05) is 0 Å². The van der Waals surface area contributed by atoms with Crippen LogP contribution in [0.2, 0.25) is 0 Å². The summed E-state index contributed by atoms with van der Waals surface area (Å²) in [5, 5.41) is 16.6. The van der Waals surface area contributed by atoms with E-state index in [2.05, 4.69) is 9.78 Å². The monoisotopic (exact) mass is 106 g/mol. The summed E-state index contributed by atoms with van der Waals surface area (Å²) in [6, 6.07) is 0. The first kappa shape index (κ1) is 4.99. The molecule has 0 aromatic rings. The average Bonchev–Trinajstić information content (AvgIpc) is 2.44. The third-order valence-corrected chi connectivity index (χ3v) is 0.709. The van der Waals surface area contributed by atoms with Crippen LogP contribution in [-0.2, 0) is 9.78 Å². The quantitative estimate of drug-likeness (QED) is 0.336. The van der Waals surface area contributed by atoms with Crippen LogP contribution in [0.3, 0.4) is 0 Å². The van der Waals surface area contributed by atoms with Crippen molar-refractivity contribution >= 4 is 0 Å². The third-order valence-electron chi connectivity index (χ3n) is 0.709. The van der Waals surface area contributed by atoms with E-state index in [1.807, 2.05) is 0 Å². The number of rotatable bonds is 2. The van der Waals surface area contributed by atoms with Crippen molar-refractivity contribution < 1.29 is 20.0 Å². The summed E-state index contributed by atoms with van der Waals surface area (Å²) in [7, 11) is 0. The van der Waals surface area contributed by atoms with E-state index in [1.165, 1.54) is 0 Å². The standard InChI is InChI=1S/C3H6O4/c4-1-2(5)3-6-7-3/h2-5H,1H2/t2-/m0/s1. The summed E-state index contributed by atoms with van der Waals surface area (Å²) in [5.74, 6) is 0. The summed E-state index contributed by atoms with van der Waals surface area (Å²) in [5.41, 5.74) is 0. The second-order valence-corrected chi connectivity index (χ2v) is 1.31. The normalized spacial score (nSPS) is 24.9. The molecule has 0 aromatic carbocycles. The van der Waals surface area contributed by atoms with Gasteiger partial charge in [0.1, 0.15) is 6.10 Å². The Balaban J connectivity index is 2.10. The van der Waals surface area contributed by atoms with Gasteiger partial charge in [-0.25, -0.2) is 0 Å². The lowest BCUT2D eigenvalue weighted by Crippen LogP contribution is -2.18. The fraction of sp³-hybridized carbons (Fsp3) is 1.00. The first-order valence-electron chi connectivity index (χ1n) is 1.95. The Labute approximate surface area is 40.2 Å². The molecule has 2 N–H and O–H groups in total. The number of aliphatic hydroxyl groups is 2. The third kappa shape index (κ3) is 1.10. The van der Waals surface area contributed by atoms with Crippen LogP contribution in [-0.4, -0.2) is 29.2 Å². The minimum absolute atomic E-state index is 0.315. The molecule has 0 aliphatic carbocycles. The Morgan fingerprint density at radius 3 is 2.29 bits per heavy atom. The summed E-state index contributed by atoms with van der Waals surface area (Å²) >= 11 is 0. The molecular formula is C3H6O4. The highest BCUT2D eigenvalue weighted by Gasteiger charge is 2.33. The van der Waals surface area contributed by atoms with Crippen molar-refractivity contribution in [1.82, 2.24) is 0 Å². The van der Waals surface area contributed by atoms with Gasteiger partial charge in [-0.2, -0.15) is 9.78 Å². The van der Waals surface area contributed by atoms with Crippen LogP contribution in [0.25, 0.3) is 0 Å². The molecule has 42 valence electrons. The van der Waals surface area contributed by atoms with E-state index >= 15 is 0 Å². The van der Waals surface area contributed by atoms with Crippen LogP contribution in [0.15, 0.2) is 0 Å². The van der Waals surface area contributed by atoms with E-state index in [4.69, 9.17) is 10.2 Å². The summed E-state index contributed by atoms with van der Waals surface area (Å²) in [4.78, 5) is 8.30. The molecule has 4 nitrogen and oxygen atoms in total. The van der Waals surface area contributed by atoms with Gasteiger partial charge >= 0.3 is 0 Å². The molecule has 0 amide bonds. The first-order valence-corrected chi connectivity index (χ1v) is 1.95. The number of aliphatic hydroxyl groups excluding tert-OH is 2. The van der Waals surface area contributed by atoms with E-state index in [1.54, 1.807) is 0 Å². The molecule has 0 aromatic heterocycles. The summed E-state index contributed by atoms with van der Waals surface area (Å²) in [6.45, 7) is -0.315. The van der Waals surface area contributed by atoms with Crippen molar-refractivity contribution in [3.05, 3.63) is 0 Å². The molecule has 7 heavy (non-hydrogen) atoms. The predicted octanol–water partition coefficient (Wildman–Crippen LogP) is -1.37. The van der Waals surface area contributed by atoms with Crippen molar-refractivity contribution in [3.8, 4) is 0 Å². The van der Waals surface area contributed by atoms with Gasteiger partial charge in [-0.3, -0.25) is 0 Å². The molecule has 0 radical (unpaired) electrons. The molecule has 0 spiro atoms. The van der Waals surface area contributed by atoms with Crippen LogP contribution >= 0.6 is 0 Å². The molecule has 1 saturated heterocycles. The second-order valence-electron chi connectivity index (χ2n) is 1.31. The Hall–Kier alpha value is -0.160. The summed E-state index contributed by atoms with van der Waals surface area (Å²) < 4.78 is 0. The molecule has 1 fully saturated rings. The van der Waals surface area contributed by atoms with Crippen LogP contribution < -0.4 is 0 Å². The van der Waals surface area contributed by atoms with Gasteiger partial charge in [0.2, 0.25) is 0 Å². The Morgan fingerprint density at radius 1 is 1.57 bits per heavy atom. The van der Waals surface area contributed by atoms with Crippen LogP contribution in [0, 0.1) is 0 Å². The van der Waals surface area contributed by atoms with Gasteiger partial charge in [0.05, 0.1) is 6.61 Å². The van der Waals surface area contributed by atoms with Crippen molar-refractivity contribution in [2.75, 3.05) is 6.61 Å². The zero-order valence-corrected chi connectivity index (χ0v) is 3.57. The number of hydrogen-bond donors (Lipinski definition) is 2. The largest absolute Gasteiger partial charge is 0.393 e. The predicted molar refractivity (Wildman–Crippen MR) is 19.1 cm³/mol. The van der Waals surface area contributed by atoms with E-state index < -0.39 is 12.4 Å². The van der Waals surface area contributed by atoms with Gasteiger partial charge in [0, 0.05) is 0 Å². The zero-order chi connectivity index (χ0) is 5.28. The molecule has 0 unspecified atom stereocenters. The maximum Gasteiger partial charge on any atom is 0.252 e. The Bertz CT molecular complexity index is 60.0. The Kier molecular flexibility index (Phi) is 1.25. The zero-order valence-electron chi connectivity index (χ0n) is 3.57. The fourth-order valence-corrected chi connectivity index (χ4v) is 0.246. The highest BCUT2D eigenvalue weighted by atomic mass is 17.4. The van der Waals surface area contributed by atoms with Gasteiger partial charge in [0.25, 0.3) is 6.29 Å². The van der Waals surface area contributed by atoms with E-state index in [0.717, 1.165) is 0 Å². The first-order chi connectivity index (χ1) is 3.34. The lowest BCUT2D eigenvalue weighted by Gasteiger charge is -1.93. The maximum atomic E-state index is 8.50. The smallest absolute Gasteiger partial charge is 0.252 e. The molecule has 0 bridgehead atoms. The molecule has 4 heteroatoms. The summed E-state index contributed by atoms with van der Waals surface area (Å²) in [6.07, 6.45) is -1.45. The van der Waals surface area contributed by atoms with E-state index in [-0.39, 0.29) is 6.61 Å². The lowest BCUT2D eigenvalue weighted by molar-refractivity contribution is 0.0701. The van der Waals surface area contributed by atoms with Gasteiger partial charge in [-0.15, -0.1) is 0 Å². The van der Waals surface area contributed by atoms with Crippen LogP contribution in [0.1, 0.15) is 0 Å². The van der Waals surface area contributed by atoms with Crippen LogP contribution in [0.5, 0.6) is 0 Å². The maximum absolute atomic E-state index is 8.50. The fourth-order valence-electron chi connectivity index (χ4n) is 0.246. The lowest BCUT2D eigenvalue weighted by atomic mass is 10.4. The van der Waals surface area contributed by atoms with Crippen molar-refractivity contribution in [1.29, 1.82) is 0 Å². The topological polar surface area (TPSA) is 65.5 Å². The molecular weight excluding hydrogens is 100 g/mol. The molecule has 1 aliphatic rings. The average molecular weight is 106 g/mol. The van der Waals surface area contributed by atoms with E-state index in [9.17, 15) is 0 Å². The Morgan fingerprint density at radius 2 is 2.14 bits per heavy atom. The molecule has 1 rings (SSSR count). The minimum atomic E-state index is -0.875. The molecule has 1 aliphatic heterocycles. The highest BCUT2D eigenvalue weighted by molar-refractivity contribution is 4.59. The van der Waals surface area contributed by atoms with Crippen molar-refractivity contribution in [2.45, 2.75) is 12.4 Å². The van der Waals surface area contributed by atoms with Gasteiger partial charge < -0.3 is 10.2 Å². The van der Waals surface area contributed by atoms with E-state index in [0.29, 0.717) is 0 Å². The molecule has 1 atom stereocenters. The van der Waals surface area contributed by atoms with Crippen LogP contribution in [0.4, 0.5) is 0 Å². The molecule has 0 saturated carbocycles.